The first kappa shape index (κ1) is 30.6. The van der Waals surface area contributed by atoms with Gasteiger partial charge in [0.05, 0.1) is 4.90 Å². The first-order chi connectivity index (χ1) is 18.2. The van der Waals surface area contributed by atoms with Crippen LogP contribution in [0.2, 0.25) is 0 Å². The maximum absolute atomic E-state index is 13.9. The Morgan fingerprint density at radius 1 is 1.00 bits per heavy atom. The van der Waals surface area contributed by atoms with E-state index in [0.717, 1.165) is 10.8 Å². The monoisotopic (exact) mass is 562 g/mol. The van der Waals surface area contributed by atoms with Crippen molar-refractivity contribution in [2.75, 3.05) is 26.2 Å². The fourth-order valence-corrected chi connectivity index (χ4v) is 6.17. The van der Waals surface area contributed by atoms with Crippen LogP contribution in [0.4, 0.5) is 9.59 Å². The number of benzene rings is 1. The molecule has 1 fully saturated rings. The van der Waals surface area contributed by atoms with E-state index in [1.165, 1.54) is 4.31 Å². The van der Waals surface area contributed by atoms with E-state index in [0.29, 0.717) is 38.8 Å². The van der Waals surface area contributed by atoms with Crippen molar-refractivity contribution < 1.29 is 27.5 Å². The molecule has 0 spiro atoms. The van der Waals surface area contributed by atoms with E-state index in [1.807, 2.05) is 20.8 Å². The summed E-state index contributed by atoms with van der Waals surface area (Å²) in [6.45, 7) is 12.2. The van der Waals surface area contributed by atoms with Crippen LogP contribution in [0.5, 0.6) is 0 Å². The van der Waals surface area contributed by atoms with E-state index < -0.39 is 39.5 Å². The number of carbonyl (C=O) groups is 2. The second-order valence-corrected chi connectivity index (χ2v) is 13.7. The number of rotatable bonds is 7. The molecule has 1 aromatic heterocycles. The van der Waals surface area contributed by atoms with Crippen LogP contribution in [0.25, 0.3) is 10.8 Å². The van der Waals surface area contributed by atoms with Gasteiger partial charge in [0.2, 0.25) is 10.0 Å². The third-order valence-corrected chi connectivity index (χ3v) is 8.10. The van der Waals surface area contributed by atoms with Crippen LogP contribution < -0.4 is 5.32 Å². The third-order valence-electron chi connectivity index (χ3n) is 6.15. The molecular weight excluding hydrogens is 520 g/mol. The number of nitrogens with one attached hydrogen (secondary N) is 1. The van der Waals surface area contributed by atoms with Crippen molar-refractivity contribution in [3.63, 3.8) is 0 Å². The second-order valence-electron chi connectivity index (χ2n) is 11.9. The Hall–Kier alpha value is -2.92. The van der Waals surface area contributed by atoms with Crippen molar-refractivity contribution in [2.24, 2.45) is 0 Å². The van der Waals surface area contributed by atoms with Crippen molar-refractivity contribution in [3.05, 3.63) is 36.7 Å². The van der Waals surface area contributed by atoms with Gasteiger partial charge in [-0.3, -0.25) is 4.98 Å². The lowest BCUT2D eigenvalue weighted by Crippen LogP contribution is -2.46. The topological polar surface area (TPSA) is 118 Å². The molecule has 1 atom stereocenters. The number of alkyl carbamates (subject to hydrolysis) is 1. The maximum Gasteiger partial charge on any atom is 0.410 e. The molecule has 0 unspecified atom stereocenters. The zero-order valence-corrected chi connectivity index (χ0v) is 24.7. The number of sulfonamides is 1. The molecule has 0 radical (unpaired) electrons. The van der Waals surface area contributed by atoms with Gasteiger partial charge in [-0.1, -0.05) is 12.5 Å². The average Bonchev–Trinajstić information content (AvgIpc) is 3.04. The first-order valence-electron chi connectivity index (χ1n) is 13.5. The van der Waals surface area contributed by atoms with Gasteiger partial charge < -0.3 is 19.7 Å². The number of carbonyl (C=O) groups excluding carboxylic acids is 2. The van der Waals surface area contributed by atoms with Gasteiger partial charge in [-0.2, -0.15) is 4.31 Å². The number of aromatic nitrogens is 1. The highest BCUT2D eigenvalue weighted by atomic mass is 32.2. The normalized spacial score (nSPS) is 17.5. The molecule has 39 heavy (non-hydrogen) atoms. The van der Waals surface area contributed by atoms with Gasteiger partial charge in [0.15, 0.2) is 0 Å². The molecule has 10 nitrogen and oxygen atoms in total. The fourth-order valence-electron chi connectivity index (χ4n) is 4.45. The molecule has 0 saturated carbocycles. The van der Waals surface area contributed by atoms with Gasteiger partial charge in [-0.15, -0.1) is 0 Å². The first-order valence-corrected chi connectivity index (χ1v) is 14.9. The SMILES string of the molecule is CC(C)(C)OC(=O)NCCCC[C@H]1CN(C(=O)OC(C)(C)C)CCCN1S(=O)(=O)c1ccc2cnccc2c1. The van der Waals surface area contributed by atoms with Crippen LogP contribution in [-0.4, -0.2) is 78.2 Å². The number of ether oxygens (including phenoxy) is 2. The standard InChI is InChI=1S/C28H42N4O6S/c1-27(2,3)37-25(33)30-14-8-7-10-23-20-31(26(34)38-28(4,5)6)16-9-17-32(23)39(35,36)24-12-11-22-19-29-15-13-21(22)18-24/h11-13,15,18-19,23H,7-10,14,16-17,20H2,1-6H3,(H,30,33)/t23-/m0/s1. The highest BCUT2D eigenvalue weighted by molar-refractivity contribution is 7.89. The molecule has 0 aliphatic carbocycles. The quantitative estimate of drug-likeness (QED) is 0.476. The van der Waals surface area contributed by atoms with Gasteiger partial charge >= 0.3 is 12.2 Å². The number of fused-ring (bicyclic) bond motifs is 1. The number of pyridine rings is 1. The lowest BCUT2D eigenvalue weighted by Gasteiger charge is -2.32. The molecule has 2 aromatic rings. The molecule has 1 N–H and O–H groups in total. The van der Waals surface area contributed by atoms with Crippen LogP contribution in [0.15, 0.2) is 41.6 Å². The highest BCUT2D eigenvalue weighted by Gasteiger charge is 2.36. The Kier molecular flexibility index (Phi) is 9.82. The van der Waals surface area contributed by atoms with Crippen LogP contribution in [-0.2, 0) is 19.5 Å². The zero-order chi connectivity index (χ0) is 28.8. The van der Waals surface area contributed by atoms with Crippen LogP contribution >= 0.6 is 0 Å². The van der Waals surface area contributed by atoms with Crippen LogP contribution in [0.3, 0.4) is 0 Å². The van der Waals surface area contributed by atoms with Crippen molar-refractivity contribution in [3.8, 4) is 0 Å². The van der Waals surface area contributed by atoms with Gasteiger partial charge in [0.1, 0.15) is 11.2 Å². The van der Waals surface area contributed by atoms with E-state index in [-0.39, 0.29) is 18.0 Å². The average molecular weight is 563 g/mol. The largest absolute Gasteiger partial charge is 0.444 e. The van der Waals surface area contributed by atoms with Crippen LogP contribution in [0.1, 0.15) is 67.2 Å². The van der Waals surface area contributed by atoms with Crippen molar-refractivity contribution in [1.82, 2.24) is 19.5 Å². The molecule has 1 aromatic carbocycles. The Balaban J connectivity index is 1.77. The summed E-state index contributed by atoms with van der Waals surface area (Å²) in [5.41, 5.74) is -1.23. The Morgan fingerprint density at radius 3 is 2.41 bits per heavy atom. The van der Waals surface area contributed by atoms with E-state index in [1.54, 1.807) is 62.3 Å². The molecule has 1 aliphatic rings. The van der Waals surface area contributed by atoms with E-state index in [4.69, 9.17) is 9.47 Å². The van der Waals surface area contributed by atoms with Gasteiger partial charge in [-0.05, 0) is 84.4 Å². The van der Waals surface area contributed by atoms with Gasteiger partial charge in [0.25, 0.3) is 0 Å². The number of hydrogen-bond donors (Lipinski definition) is 1. The summed E-state index contributed by atoms with van der Waals surface area (Å²) >= 11 is 0. The summed E-state index contributed by atoms with van der Waals surface area (Å²) in [7, 11) is -3.84. The molecule has 2 amide bonds. The summed E-state index contributed by atoms with van der Waals surface area (Å²) in [4.78, 5) is 30.8. The summed E-state index contributed by atoms with van der Waals surface area (Å²) in [5, 5.41) is 4.40. The predicted molar refractivity (Wildman–Crippen MR) is 150 cm³/mol. The predicted octanol–water partition coefficient (Wildman–Crippen LogP) is 4.93. The number of nitrogens with zero attached hydrogens (tertiary/aromatic N) is 3. The minimum atomic E-state index is -3.84. The minimum Gasteiger partial charge on any atom is -0.444 e. The molecule has 3 rings (SSSR count). The molecule has 11 heteroatoms. The number of amides is 2. The van der Waals surface area contributed by atoms with Crippen molar-refractivity contribution in [1.29, 1.82) is 0 Å². The Bertz CT molecular complexity index is 1250. The zero-order valence-electron chi connectivity index (χ0n) is 23.9. The molecule has 0 bridgehead atoms. The van der Waals surface area contributed by atoms with Crippen molar-refractivity contribution >= 4 is 33.0 Å². The summed E-state index contributed by atoms with van der Waals surface area (Å²) in [6.07, 6.45) is 4.71. The highest BCUT2D eigenvalue weighted by Crippen LogP contribution is 2.27. The molecule has 2 heterocycles. The molecule has 1 aliphatic heterocycles. The Labute approximate surface area is 232 Å². The Morgan fingerprint density at radius 2 is 1.72 bits per heavy atom. The number of unbranched alkanes of at least 4 members (excludes halogenated alkanes) is 1. The van der Waals surface area contributed by atoms with Gasteiger partial charge in [-0.25, -0.2) is 18.0 Å². The summed E-state index contributed by atoms with van der Waals surface area (Å²) in [5.74, 6) is 0. The molecule has 216 valence electrons. The second kappa shape index (κ2) is 12.5. The maximum atomic E-state index is 13.9. The van der Waals surface area contributed by atoms with Crippen LogP contribution in [0, 0.1) is 0 Å². The minimum absolute atomic E-state index is 0.212. The molecular formula is C28H42N4O6S. The van der Waals surface area contributed by atoms with E-state index in [2.05, 4.69) is 10.3 Å². The third kappa shape index (κ3) is 9.06. The van der Waals surface area contributed by atoms with E-state index >= 15 is 0 Å². The molecule has 1 saturated heterocycles. The lowest BCUT2D eigenvalue weighted by molar-refractivity contribution is 0.0237. The summed E-state index contributed by atoms with van der Waals surface area (Å²) < 4.78 is 40.2. The summed E-state index contributed by atoms with van der Waals surface area (Å²) in [6, 6.07) is 6.38. The fraction of sp³-hybridized carbons (Fsp3) is 0.607. The van der Waals surface area contributed by atoms with E-state index in [9.17, 15) is 18.0 Å². The lowest BCUT2D eigenvalue weighted by atomic mass is 10.1. The van der Waals surface area contributed by atoms with Crippen molar-refractivity contribution in [2.45, 2.75) is 89.4 Å². The van der Waals surface area contributed by atoms with Gasteiger partial charge in [0, 0.05) is 50.0 Å². The number of hydrogen-bond acceptors (Lipinski definition) is 7. The smallest absolute Gasteiger partial charge is 0.410 e.